The predicted octanol–water partition coefficient (Wildman–Crippen LogP) is 1.69. The first-order valence-corrected chi connectivity index (χ1v) is 6.63. The van der Waals surface area contributed by atoms with Gasteiger partial charge in [-0.1, -0.05) is 33.6 Å². The normalized spacial score (nSPS) is 13.1. The molecule has 0 spiro atoms. The molecule has 1 unspecified atom stereocenters. The van der Waals surface area contributed by atoms with Gasteiger partial charge in [0, 0.05) is 0 Å². The van der Waals surface area contributed by atoms with Crippen molar-refractivity contribution >= 4 is 11.9 Å². The van der Waals surface area contributed by atoms with Crippen molar-refractivity contribution in [3.63, 3.8) is 0 Å². The zero-order valence-electron chi connectivity index (χ0n) is 11.5. The Bertz CT molecular complexity index is 272. The van der Waals surface area contributed by atoms with Gasteiger partial charge in [0.2, 0.25) is 5.91 Å². The van der Waals surface area contributed by atoms with E-state index in [2.05, 4.69) is 5.32 Å². The average molecular weight is 259 g/mol. The summed E-state index contributed by atoms with van der Waals surface area (Å²) in [6, 6.07) is -0.870. The van der Waals surface area contributed by atoms with Crippen LogP contribution in [-0.2, 0) is 9.59 Å². The summed E-state index contributed by atoms with van der Waals surface area (Å²) in [6.45, 7) is 5.60. The molecular formula is C13H25NO4. The summed E-state index contributed by atoms with van der Waals surface area (Å²) in [5.41, 5.74) is -1.01. The molecule has 0 aliphatic rings. The lowest BCUT2D eigenvalue weighted by atomic mass is 9.89. The zero-order valence-corrected chi connectivity index (χ0v) is 11.5. The van der Waals surface area contributed by atoms with E-state index < -0.39 is 23.5 Å². The first-order chi connectivity index (χ1) is 8.38. The number of hydrogen-bond acceptors (Lipinski definition) is 3. The number of nitrogens with one attached hydrogen (secondary N) is 1. The van der Waals surface area contributed by atoms with E-state index in [-0.39, 0.29) is 6.42 Å². The van der Waals surface area contributed by atoms with Crippen LogP contribution in [0.4, 0.5) is 0 Å². The van der Waals surface area contributed by atoms with Crippen molar-refractivity contribution in [2.24, 2.45) is 0 Å². The summed E-state index contributed by atoms with van der Waals surface area (Å²) in [4.78, 5) is 22.6. The number of aliphatic hydroxyl groups is 1. The lowest BCUT2D eigenvalue weighted by Crippen LogP contribution is -2.44. The molecule has 106 valence electrons. The van der Waals surface area contributed by atoms with Gasteiger partial charge < -0.3 is 15.5 Å². The van der Waals surface area contributed by atoms with E-state index in [0.717, 1.165) is 12.8 Å². The topological polar surface area (TPSA) is 86.6 Å². The predicted molar refractivity (Wildman–Crippen MR) is 69.2 cm³/mol. The molecule has 5 heteroatoms. The van der Waals surface area contributed by atoms with Crippen LogP contribution in [0.1, 0.15) is 59.3 Å². The van der Waals surface area contributed by atoms with Crippen LogP contribution in [0.2, 0.25) is 0 Å². The summed E-state index contributed by atoms with van der Waals surface area (Å²) >= 11 is 0. The third kappa shape index (κ3) is 6.00. The number of aliphatic carboxylic acids is 1. The molecule has 18 heavy (non-hydrogen) atoms. The fraction of sp³-hybridized carbons (Fsp3) is 0.846. The number of carboxylic acid groups (broad SMARTS) is 1. The Morgan fingerprint density at radius 2 is 1.67 bits per heavy atom. The van der Waals surface area contributed by atoms with Crippen molar-refractivity contribution in [1.29, 1.82) is 0 Å². The molecule has 0 saturated carbocycles. The Hall–Kier alpha value is -1.10. The van der Waals surface area contributed by atoms with E-state index in [0.29, 0.717) is 19.3 Å². The lowest BCUT2D eigenvalue weighted by Gasteiger charge is -2.27. The minimum Gasteiger partial charge on any atom is -0.480 e. The summed E-state index contributed by atoms with van der Waals surface area (Å²) in [5.74, 6) is -1.44. The Labute approximate surface area is 109 Å². The second kappa shape index (κ2) is 8.08. The maximum atomic E-state index is 11.7. The standard InChI is InChI=1S/C13H25NO4/c1-4-7-13(18,8-5-2)9-11(15)14-10(6-3)12(16)17/h10,18H,4-9H2,1-3H3,(H,14,15)(H,16,17). The number of carbonyl (C=O) groups excluding carboxylic acids is 1. The monoisotopic (exact) mass is 259 g/mol. The second-order valence-corrected chi connectivity index (χ2v) is 4.77. The third-order valence-electron chi connectivity index (χ3n) is 2.96. The Morgan fingerprint density at radius 1 is 1.17 bits per heavy atom. The van der Waals surface area contributed by atoms with E-state index in [1.165, 1.54) is 0 Å². The number of carbonyl (C=O) groups is 2. The van der Waals surface area contributed by atoms with E-state index >= 15 is 0 Å². The fourth-order valence-corrected chi connectivity index (χ4v) is 2.12. The molecule has 0 aromatic heterocycles. The minimum atomic E-state index is -1.04. The molecule has 0 bridgehead atoms. The van der Waals surface area contributed by atoms with Gasteiger partial charge in [-0.3, -0.25) is 4.79 Å². The summed E-state index contributed by atoms with van der Waals surface area (Å²) in [7, 11) is 0. The summed E-state index contributed by atoms with van der Waals surface area (Å²) in [6.07, 6.45) is 3.00. The molecule has 5 nitrogen and oxygen atoms in total. The van der Waals surface area contributed by atoms with Gasteiger partial charge in [-0.25, -0.2) is 4.79 Å². The highest BCUT2D eigenvalue weighted by atomic mass is 16.4. The molecule has 0 aromatic rings. The molecule has 0 aliphatic heterocycles. The van der Waals surface area contributed by atoms with Crippen LogP contribution in [0.3, 0.4) is 0 Å². The molecule has 3 N–H and O–H groups in total. The molecular weight excluding hydrogens is 234 g/mol. The van der Waals surface area contributed by atoms with Crippen LogP contribution in [0.15, 0.2) is 0 Å². The number of amides is 1. The van der Waals surface area contributed by atoms with E-state index in [1.807, 2.05) is 13.8 Å². The highest BCUT2D eigenvalue weighted by molar-refractivity contribution is 5.83. The van der Waals surface area contributed by atoms with Crippen LogP contribution in [0.25, 0.3) is 0 Å². The van der Waals surface area contributed by atoms with Crippen LogP contribution < -0.4 is 5.32 Å². The van der Waals surface area contributed by atoms with Crippen LogP contribution >= 0.6 is 0 Å². The number of carboxylic acids is 1. The van der Waals surface area contributed by atoms with Crippen molar-refractivity contribution in [2.45, 2.75) is 70.9 Å². The molecule has 0 radical (unpaired) electrons. The molecule has 0 fully saturated rings. The highest BCUT2D eigenvalue weighted by Gasteiger charge is 2.29. The summed E-state index contributed by atoms with van der Waals surface area (Å²) in [5, 5.41) is 21.6. The van der Waals surface area contributed by atoms with Gasteiger partial charge in [-0.05, 0) is 19.3 Å². The highest BCUT2D eigenvalue weighted by Crippen LogP contribution is 2.23. The minimum absolute atomic E-state index is 0.0293. The van der Waals surface area contributed by atoms with E-state index in [1.54, 1.807) is 6.92 Å². The van der Waals surface area contributed by atoms with Gasteiger partial charge in [-0.15, -0.1) is 0 Å². The largest absolute Gasteiger partial charge is 0.480 e. The Balaban J connectivity index is 4.46. The van der Waals surface area contributed by atoms with Crippen molar-refractivity contribution in [3.05, 3.63) is 0 Å². The Morgan fingerprint density at radius 3 is 2.00 bits per heavy atom. The van der Waals surface area contributed by atoms with Gasteiger partial charge in [0.25, 0.3) is 0 Å². The van der Waals surface area contributed by atoms with Crippen LogP contribution in [0.5, 0.6) is 0 Å². The van der Waals surface area contributed by atoms with Gasteiger partial charge in [-0.2, -0.15) is 0 Å². The molecule has 1 amide bonds. The average Bonchev–Trinajstić information content (AvgIpc) is 2.25. The van der Waals surface area contributed by atoms with Crippen molar-refractivity contribution in [3.8, 4) is 0 Å². The maximum Gasteiger partial charge on any atom is 0.326 e. The van der Waals surface area contributed by atoms with Gasteiger partial charge in [0.05, 0.1) is 12.0 Å². The van der Waals surface area contributed by atoms with Crippen LogP contribution in [0, 0.1) is 0 Å². The molecule has 0 saturated heterocycles. The first-order valence-electron chi connectivity index (χ1n) is 6.63. The lowest BCUT2D eigenvalue weighted by molar-refractivity contribution is -0.143. The quantitative estimate of drug-likeness (QED) is 0.588. The summed E-state index contributed by atoms with van der Waals surface area (Å²) < 4.78 is 0. The molecule has 0 aliphatic carbocycles. The number of hydrogen-bond donors (Lipinski definition) is 3. The van der Waals surface area contributed by atoms with Crippen LogP contribution in [-0.4, -0.2) is 33.7 Å². The van der Waals surface area contributed by atoms with E-state index in [9.17, 15) is 14.7 Å². The molecule has 1 atom stereocenters. The van der Waals surface area contributed by atoms with Crippen molar-refractivity contribution in [1.82, 2.24) is 5.32 Å². The SMILES string of the molecule is CCCC(O)(CCC)CC(=O)NC(CC)C(=O)O. The first kappa shape index (κ1) is 16.9. The molecule has 0 aromatic carbocycles. The molecule has 0 rings (SSSR count). The van der Waals surface area contributed by atoms with Gasteiger partial charge in [0.1, 0.15) is 6.04 Å². The smallest absolute Gasteiger partial charge is 0.326 e. The van der Waals surface area contributed by atoms with Gasteiger partial charge >= 0.3 is 5.97 Å². The fourth-order valence-electron chi connectivity index (χ4n) is 2.12. The number of rotatable bonds is 9. The zero-order chi connectivity index (χ0) is 14.2. The van der Waals surface area contributed by atoms with Crippen molar-refractivity contribution in [2.75, 3.05) is 0 Å². The second-order valence-electron chi connectivity index (χ2n) is 4.77. The Kier molecular flexibility index (Phi) is 7.59. The maximum absolute atomic E-state index is 11.7. The van der Waals surface area contributed by atoms with E-state index in [4.69, 9.17) is 5.11 Å². The van der Waals surface area contributed by atoms with Crippen molar-refractivity contribution < 1.29 is 19.8 Å². The third-order valence-corrected chi connectivity index (χ3v) is 2.96. The van der Waals surface area contributed by atoms with Gasteiger partial charge in [0.15, 0.2) is 0 Å². The molecule has 0 heterocycles.